The molecule has 0 spiro atoms. The maximum atomic E-state index is 13.2. The summed E-state index contributed by atoms with van der Waals surface area (Å²) in [7, 11) is 1.63. The molecule has 8 nitrogen and oxygen atoms in total. The molecule has 4 rings (SSSR count). The molecule has 2 amide bonds. The van der Waals surface area contributed by atoms with E-state index in [1.54, 1.807) is 18.1 Å². The fraction of sp³-hybridized carbons (Fsp3) is 0.517. The number of hydrogen-bond acceptors (Lipinski definition) is 6. The number of benzene rings is 2. The normalized spacial score (nSPS) is 17.2. The van der Waals surface area contributed by atoms with Gasteiger partial charge in [-0.2, -0.15) is 0 Å². The van der Waals surface area contributed by atoms with E-state index < -0.39 is 5.60 Å². The van der Waals surface area contributed by atoms with Gasteiger partial charge in [-0.15, -0.1) is 0 Å². The Morgan fingerprint density at radius 1 is 0.949 bits per heavy atom. The Morgan fingerprint density at radius 2 is 1.64 bits per heavy atom. The average Bonchev–Trinajstić information content (AvgIpc) is 2.90. The quantitative estimate of drug-likeness (QED) is 0.492. The van der Waals surface area contributed by atoms with Gasteiger partial charge in [0.1, 0.15) is 11.4 Å². The minimum absolute atomic E-state index is 0.0887. The lowest BCUT2D eigenvalue weighted by Gasteiger charge is -2.37. The molecule has 39 heavy (non-hydrogen) atoms. The summed E-state index contributed by atoms with van der Waals surface area (Å²) in [4.78, 5) is 31.9. The minimum Gasteiger partial charge on any atom is -0.495 e. The van der Waals surface area contributed by atoms with Gasteiger partial charge in [-0.1, -0.05) is 29.3 Å². The van der Waals surface area contributed by atoms with E-state index in [2.05, 4.69) is 15.1 Å². The van der Waals surface area contributed by atoms with Gasteiger partial charge in [-0.05, 0) is 69.5 Å². The summed E-state index contributed by atoms with van der Waals surface area (Å²) < 4.78 is 11.1. The first kappa shape index (κ1) is 29.3. The van der Waals surface area contributed by atoms with Crippen LogP contribution in [0.4, 0.5) is 10.5 Å². The topological polar surface area (TPSA) is 74.4 Å². The summed E-state index contributed by atoms with van der Waals surface area (Å²) in [6.45, 7) is 10.5. The molecule has 2 heterocycles. The van der Waals surface area contributed by atoms with E-state index in [1.807, 2.05) is 51.1 Å². The van der Waals surface area contributed by atoms with E-state index in [0.717, 1.165) is 43.7 Å². The average molecular weight is 578 g/mol. The van der Waals surface area contributed by atoms with Crippen molar-refractivity contribution >= 4 is 40.9 Å². The highest BCUT2D eigenvalue weighted by Gasteiger charge is 2.28. The zero-order chi connectivity index (χ0) is 28.2. The zero-order valence-corrected chi connectivity index (χ0v) is 24.6. The molecule has 2 aliphatic rings. The molecule has 0 atom stereocenters. The van der Waals surface area contributed by atoms with E-state index in [9.17, 15) is 9.59 Å². The molecule has 212 valence electrons. The number of hydrogen-bond donors (Lipinski definition) is 1. The summed E-state index contributed by atoms with van der Waals surface area (Å²) in [6.07, 6.45) is 1.45. The molecule has 0 saturated carbocycles. The number of rotatable bonds is 6. The Morgan fingerprint density at radius 3 is 2.26 bits per heavy atom. The number of anilines is 1. The first-order valence-electron chi connectivity index (χ1n) is 13.4. The Balaban J connectivity index is 1.31. The Bertz CT molecular complexity index is 1170. The maximum absolute atomic E-state index is 13.2. The Kier molecular flexibility index (Phi) is 9.51. The molecule has 0 aliphatic carbocycles. The van der Waals surface area contributed by atoms with Crippen LogP contribution in [-0.4, -0.2) is 79.8 Å². The second kappa shape index (κ2) is 12.7. The van der Waals surface area contributed by atoms with Crippen molar-refractivity contribution in [2.75, 3.05) is 51.3 Å². The van der Waals surface area contributed by atoms with Gasteiger partial charge in [0.15, 0.2) is 0 Å². The Labute approximate surface area is 241 Å². The third-order valence-electron chi connectivity index (χ3n) is 7.03. The smallest absolute Gasteiger partial charge is 0.410 e. The van der Waals surface area contributed by atoms with Crippen LogP contribution in [-0.2, 0) is 11.3 Å². The standard InChI is InChI=1S/C29H38Cl2N4O4/c1-29(2,3)39-28(37)35-15-13-34(14-16-35)25-18-21(6-8-26(25)38-4)27(36)32-22-9-11-33(12-10-22)19-20-5-7-23(30)24(31)17-20/h5-8,17-18,22H,9-16,19H2,1-4H3,(H,32,36). The van der Waals surface area contributed by atoms with Gasteiger partial charge in [-0.3, -0.25) is 9.69 Å². The van der Waals surface area contributed by atoms with Crippen LogP contribution in [0.5, 0.6) is 5.75 Å². The van der Waals surface area contributed by atoms with Crippen molar-refractivity contribution in [1.82, 2.24) is 15.1 Å². The highest BCUT2D eigenvalue weighted by Crippen LogP contribution is 2.31. The number of methoxy groups -OCH3 is 1. The van der Waals surface area contributed by atoms with Gasteiger partial charge >= 0.3 is 6.09 Å². The largest absolute Gasteiger partial charge is 0.495 e. The maximum Gasteiger partial charge on any atom is 0.410 e. The second-order valence-electron chi connectivity index (χ2n) is 11.1. The van der Waals surface area contributed by atoms with Crippen LogP contribution in [0.2, 0.25) is 10.0 Å². The summed E-state index contributed by atoms with van der Waals surface area (Å²) in [6, 6.07) is 11.4. The third kappa shape index (κ3) is 7.93. The van der Waals surface area contributed by atoms with E-state index in [1.165, 1.54) is 0 Å². The van der Waals surface area contributed by atoms with Gasteiger partial charge in [0.05, 0.1) is 22.8 Å². The van der Waals surface area contributed by atoms with E-state index in [-0.39, 0.29) is 18.0 Å². The van der Waals surface area contributed by atoms with E-state index in [0.29, 0.717) is 47.5 Å². The van der Waals surface area contributed by atoms with E-state index >= 15 is 0 Å². The molecule has 2 aliphatic heterocycles. The monoisotopic (exact) mass is 576 g/mol. The Hall–Kier alpha value is -2.68. The molecule has 2 aromatic rings. The molecule has 2 saturated heterocycles. The lowest BCUT2D eigenvalue weighted by atomic mass is 10.0. The molecule has 0 radical (unpaired) electrons. The second-order valence-corrected chi connectivity index (χ2v) is 11.9. The zero-order valence-electron chi connectivity index (χ0n) is 23.1. The highest BCUT2D eigenvalue weighted by molar-refractivity contribution is 6.42. The predicted molar refractivity (Wildman–Crippen MR) is 155 cm³/mol. The summed E-state index contributed by atoms with van der Waals surface area (Å²) in [5.74, 6) is 0.613. The molecule has 2 aromatic carbocycles. The third-order valence-corrected chi connectivity index (χ3v) is 7.77. The van der Waals surface area contributed by atoms with Crippen LogP contribution in [0.1, 0.15) is 49.5 Å². The molecule has 2 fully saturated rings. The fourth-order valence-electron chi connectivity index (χ4n) is 4.94. The number of halogens is 2. The number of carbonyl (C=O) groups excluding carboxylic acids is 2. The number of nitrogens with one attached hydrogen (secondary N) is 1. The van der Waals surface area contributed by atoms with Gasteiger partial charge in [0.2, 0.25) is 0 Å². The van der Waals surface area contributed by atoms with Crippen molar-refractivity contribution in [2.45, 2.75) is 51.8 Å². The predicted octanol–water partition coefficient (Wildman–Crippen LogP) is 5.45. The van der Waals surface area contributed by atoms with Crippen molar-refractivity contribution in [2.24, 2.45) is 0 Å². The fourth-order valence-corrected chi connectivity index (χ4v) is 5.26. The first-order chi connectivity index (χ1) is 18.5. The van der Waals surface area contributed by atoms with Crippen LogP contribution in [0.25, 0.3) is 0 Å². The molecule has 10 heteroatoms. The summed E-state index contributed by atoms with van der Waals surface area (Å²) in [5, 5.41) is 4.35. The first-order valence-corrected chi connectivity index (χ1v) is 14.2. The van der Waals surface area contributed by atoms with Crippen LogP contribution in [0.3, 0.4) is 0 Å². The van der Waals surface area contributed by atoms with Crippen LogP contribution in [0, 0.1) is 0 Å². The van der Waals surface area contributed by atoms with Crippen LogP contribution < -0.4 is 15.0 Å². The summed E-state index contributed by atoms with van der Waals surface area (Å²) in [5.41, 5.74) is 2.05. The number of ether oxygens (including phenoxy) is 2. The number of amides is 2. The number of piperidine rings is 1. The van der Waals surface area contributed by atoms with Crippen LogP contribution >= 0.6 is 23.2 Å². The number of nitrogens with zero attached hydrogens (tertiary/aromatic N) is 3. The van der Waals surface area contributed by atoms with Gasteiger partial charge in [-0.25, -0.2) is 4.79 Å². The highest BCUT2D eigenvalue weighted by atomic mass is 35.5. The molecular formula is C29H38Cl2N4O4. The van der Waals surface area contributed by atoms with Crippen molar-refractivity contribution in [3.8, 4) is 5.75 Å². The molecule has 1 N–H and O–H groups in total. The van der Waals surface area contributed by atoms with Crippen molar-refractivity contribution < 1.29 is 19.1 Å². The van der Waals surface area contributed by atoms with Gasteiger partial charge in [0, 0.05) is 57.4 Å². The molecule has 0 unspecified atom stereocenters. The van der Waals surface area contributed by atoms with Gasteiger partial charge < -0.3 is 24.6 Å². The number of carbonyl (C=O) groups is 2. The van der Waals surface area contributed by atoms with E-state index in [4.69, 9.17) is 32.7 Å². The lowest BCUT2D eigenvalue weighted by molar-refractivity contribution is 0.0240. The molecule has 0 bridgehead atoms. The number of piperazine rings is 1. The SMILES string of the molecule is COc1ccc(C(=O)NC2CCN(Cc3ccc(Cl)c(Cl)c3)CC2)cc1N1CCN(C(=O)OC(C)(C)C)CC1. The van der Waals surface area contributed by atoms with Crippen molar-refractivity contribution in [3.63, 3.8) is 0 Å². The molecular weight excluding hydrogens is 539 g/mol. The number of likely N-dealkylation sites (tertiary alicyclic amines) is 1. The van der Waals surface area contributed by atoms with Crippen molar-refractivity contribution in [1.29, 1.82) is 0 Å². The van der Waals surface area contributed by atoms with Gasteiger partial charge in [0.25, 0.3) is 5.91 Å². The van der Waals surface area contributed by atoms with Crippen LogP contribution in [0.15, 0.2) is 36.4 Å². The molecule has 0 aromatic heterocycles. The van der Waals surface area contributed by atoms with Crippen molar-refractivity contribution in [3.05, 3.63) is 57.6 Å². The summed E-state index contributed by atoms with van der Waals surface area (Å²) >= 11 is 12.2. The minimum atomic E-state index is -0.527. The lowest BCUT2D eigenvalue weighted by Crippen LogP contribution is -2.50.